The minimum Gasteiger partial charge on any atom is -0.335 e. The smallest absolute Gasteiger partial charge is 0.254 e. The lowest BCUT2D eigenvalue weighted by Crippen LogP contribution is -2.44. The fourth-order valence-electron chi connectivity index (χ4n) is 2.92. The van der Waals surface area contributed by atoms with E-state index < -0.39 is 0 Å². The Morgan fingerprint density at radius 2 is 1.95 bits per heavy atom. The maximum atomic E-state index is 12.7. The zero-order valence-corrected chi connectivity index (χ0v) is 13.0. The van der Waals surface area contributed by atoms with Gasteiger partial charge >= 0.3 is 0 Å². The second-order valence-corrected chi connectivity index (χ2v) is 6.01. The Labute approximate surface area is 127 Å². The number of amides is 1. The highest BCUT2D eigenvalue weighted by Crippen LogP contribution is 2.23. The molecule has 104 valence electrons. The Hall–Kier alpha value is -1.35. The summed E-state index contributed by atoms with van der Waals surface area (Å²) in [5, 5.41) is 3.18. The van der Waals surface area contributed by atoms with Crippen LogP contribution >= 0.6 is 15.9 Å². The first-order chi connectivity index (χ1) is 9.79. The van der Waals surface area contributed by atoms with E-state index in [1.165, 1.54) is 11.8 Å². The summed E-state index contributed by atoms with van der Waals surface area (Å²) in [5.41, 5.74) is 0.802. The molecular weight excluding hydrogens is 314 g/mol. The number of fused-ring (bicyclic) bond motifs is 1. The van der Waals surface area contributed by atoms with Crippen LogP contribution in [0.25, 0.3) is 10.8 Å². The summed E-state index contributed by atoms with van der Waals surface area (Å²) in [6.45, 7) is 0.877. The van der Waals surface area contributed by atoms with Gasteiger partial charge in [0.2, 0.25) is 0 Å². The van der Waals surface area contributed by atoms with E-state index in [4.69, 9.17) is 0 Å². The highest BCUT2D eigenvalue weighted by molar-refractivity contribution is 9.09. The van der Waals surface area contributed by atoms with Crippen molar-refractivity contribution >= 4 is 32.6 Å². The van der Waals surface area contributed by atoms with Crippen LogP contribution in [0.4, 0.5) is 0 Å². The van der Waals surface area contributed by atoms with E-state index in [0.717, 1.165) is 35.7 Å². The zero-order chi connectivity index (χ0) is 13.9. The van der Waals surface area contributed by atoms with Crippen LogP contribution in [0.15, 0.2) is 42.5 Å². The van der Waals surface area contributed by atoms with Gasteiger partial charge in [-0.25, -0.2) is 0 Å². The van der Waals surface area contributed by atoms with Crippen molar-refractivity contribution < 1.29 is 4.79 Å². The Morgan fingerprint density at radius 3 is 2.75 bits per heavy atom. The van der Waals surface area contributed by atoms with Gasteiger partial charge in [0.15, 0.2) is 0 Å². The van der Waals surface area contributed by atoms with Crippen LogP contribution in [0.3, 0.4) is 0 Å². The fourth-order valence-corrected chi connectivity index (χ4v) is 3.59. The molecule has 1 unspecified atom stereocenters. The summed E-state index contributed by atoms with van der Waals surface area (Å²) in [4.78, 5) is 14.7. The number of rotatable bonds is 2. The molecule has 0 spiro atoms. The van der Waals surface area contributed by atoms with Gasteiger partial charge in [0.1, 0.15) is 0 Å². The molecule has 1 aliphatic rings. The van der Waals surface area contributed by atoms with Gasteiger partial charge in [-0.15, -0.1) is 0 Å². The molecule has 1 aliphatic heterocycles. The third-order valence-corrected chi connectivity index (χ3v) is 4.81. The Balaban J connectivity index is 1.91. The standard InChI is InChI=1S/C17H18BrNO/c18-12-16-7-3-4-10-19(16)17(20)15-9-8-13-5-1-2-6-14(13)11-15/h1-2,5-6,8-9,11,16H,3-4,7,10,12H2. The summed E-state index contributed by atoms with van der Waals surface area (Å²) < 4.78 is 0. The number of likely N-dealkylation sites (tertiary alicyclic amines) is 1. The van der Waals surface area contributed by atoms with Gasteiger partial charge in [0.25, 0.3) is 5.91 Å². The number of carbonyl (C=O) groups is 1. The highest BCUT2D eigenvalue weighted by Gasteiger charge is 2.26. The first-order valence-corrected chi connectivity index (χ1v) is 8.27. The molecule has 2 aromatic rings. The number of hydrogen-bond donors (Lipinski definition) is 0. The van der Waals surface area contributed by atoms with Crippen molar-refractivity contribution in [1.82, 2.24) is 4.90 Å². The molecular formula is C17H18BrNO. The largest absolute Gasteiger partial charge is 0.335 e. The summed E-state index contributed by atoms with van der Waals surface area (Å²) in [7, 11) is 0. The van der Waals surface area contributed by atoms with E-state index >= 15 is 0 Å². The number of alkyl halides is 1. The molecule has 0 bridgehead atoms. The number of benzene rings is 2. The molecule has 1 saturated heterocycles. The number of piperidine rings is 1. The lowest BCUT2D eigenvalue weighted by atomic mass is 10.0. The minimum absolute atomic E-state index is 0.167. The molecule has 2 nitrogen and oxygen atoms in total. The number of carbonyl (C=O) groups excluding carboxylic acids is 1. The van der Waals surface area contributed by atoms with Crippen molar-refractivity contribution in [2.24, 2.45) is 0 Å². The molecule has 1 amide bonds. The monoisotopic (exact) mass is 331 g/mol. The first-order valence-electron chi connectivity index (χ1n) is 7.15. The van der Waals surface area contributed by atoms with Gasteiger partial charge in [-0.3, -0.25) is 4.79 Å². The van der Waals surface area contributed by atoms with Gasteiger partial charge < -0.3 is 4.90 Å². The van der Waals surface area contributed by atoms with Crippen molar-refractivity contribution in [2.75, 3.05) is 11.9 Å². The maximum absolute atomic E-state index is 12.7. The SMILES string of the molecule is O=C(c1ccc2ccccc2c1)N1CCCCC1CBr. The lowest BCUT2D eigenvalue weighted by molar-refractivity contribution is 0.0642. The van der Waals surface area contributed by atoms with Gasteiger partial charge in [0, 0.05) is 23.5 Å². The Bertz CT molecular complexity index is 625. The van der Waals surface area contributed by atoms with Crippen molar-refractivity contribution in [3.05, 3.63) is 48.0 Å². The van der Waals surface area contributed by atoms with Gasteiger partial charge in [-0.1, -0.05) is 46.3 Å². The van der Waals surface area contributed by atoms with Crippen LogP contribution in [0.1, 0.15) is 29.6 Å². The topological polar surface area (TPSA) is 20.3 Å². The lowest BCUT2D eigenvalue weighted by Gasteiger charge is -2.34. The maximum Gasteiger partial charge on any atom is 0.254 e. The molecule has 3 heteroatoms. The van der Waals surface area contributed by atoms with Crippen molar-refractivity contribution in [1.29, 1.82) is 0 Å². The Kier molecular flexibility index (Phi) is 4.06. The van der Waals surface area contributed by atoms with E-state index in [2.05, 4.69) is 28.1 Å². The molecule has 0 aliphatic carbocycles. The summed E-state index contributed by atoms with van der Waals surface area (Å²) >= 11 is 3.54. The third-order valence-electron chi connectivity index (χ3n) is 4.06. The van der Waals surface area contributed by atoms with Crippen LogP contribution in [-0.4, -0.2) is 28.7 Å². The molecule has 20 heavy (non-hydrogen) atoms. The number of hydrogen-bond acceptors (Lipinski definition) is 1. The summed E-state index contributed by atoms with van der Waals surface area (Å²) in [5.74, 6) is 0.167. The summed E-state index contributed by atoms with van der Waals surface area (Å²) in [6, 6.07) is 14.5. The van der Waals surface area contributed by atoms with Crippen LogP contribution in [-0.2, 0) is 0 Å². The Morgan fingerprint density at radius 1 is 1.15 bits per heavy atom. The van der Waals surface area contributed by atoms with E-state index in [9.17, 15) is 4.79 Å². The second kappa shape index (κ2) is 5.96. The average Bonchev–Trinajstić information content (AvgIpc) is 2.53. The molecule has 1 heterocycles. The minimum atomic E-state index is 0.167. The quantitative estimate of drug-likeness (QED) is 0.754. The highest BCUT2D eigenvalue weighted by atomic mass is 79.9. The third kappa shape index (κ3) is 2.59. The van der Waals surface area contributed by atoms with E-state index in [-0.39, 0.29) is 5.91 Å². The van der Waals surface area contributed by atoms with E-state index in [0.29, 0.717) is 6.04 Å². The average molecular weight is 332 g/mol. The van der Waals surface area contributed by atoms with Crippen molar-refractivity contribution in [3.63, 3.8) is 0 Å². The molecule has 3 rings (SSSR count). The van der Waals surface area contributed by atoms with Crippen molar-refractivity contribution in [2.45, 2.75) is 25.3 Å². The van der Waals surface area contributed by atoms with Gasteiger partial charge in [0.05, 0.1) is 0 Å². The first kappa shape index (κ1) is 13.6. The molecule has 2 aromatic carbocycles. The van der Waals surface area contributed by atoms with Crippen molar-refractivity contribution in [3.8, 4) is 0 Å². The predicted octanol–water partition coefficient (Wildman–Crippen LogP) is 4.23. The van der Waals surface area contributed by atoms with Crippen LogP contribution in [0, 0.1) is 0 Å². The van der Waals surface area contributed by atoms with Gasteiger partial charge in [-0.2, -0.15) is 0 Å². The van der Waals surface area contributed by atoms with Crippen LogP contribution in [0.5, 0.6) is 0 Å². The molecule has 0 radical (unpaired) electrons. The van der Waals surface area contributed by atoms with Crippen LogP contribution in [0.2, 0.25) is 0 Å². The molecule has 1 fully saturated rings. The summed E-state index contributed by atoms with van der Waals surface area (Å²) in [6.07, 6.45) is 3.44. The fraction of sp³-hybridized carbons (Fsp3) is 0.353. The van der Waals surface area contributed by atoms with E-state index in [1.807, 2.05) is 35.2 Å². The van der Waals surface area contributed by atoms with Crippen LogP contribution < -0.4 is 0 Å². The molecule has 0 N–H and O–H groups in total. The second-order valence-electron chi connectivity index (χ2n) is 5.36. The van der Waals surface area contributed by atoms with Gasteiger partial charge in [-0.05, 0) is 42.2 Å². The zero-order valence-electron chi connectivity index (χ0n) is 11.4. The predicted molar refractivity (Wildman–Crippen MR) is 86.4 cm³/mol. The van der Waals surface area contributed by atoms with E-state index in [1.54, 1.807) is 0 Å². The molecule has 0 aromatic heterocycles. The molecule has 0 saturated carbocycles. The normalized spacial score (nSPS) is 19.2. The molecule has 1 atom stereocenters. The number of halogens is 1. The number of nitrogens with zero attached hydrogens (tertiary/aromatic N) is 1.